The van der Waals surface area contributed by atoms with Gasteiger partial charge < -0.3 is 36.0 Å². The van der Waals surface area contributed by atoms with Crippen molar-refractivity contribution in [3.63, 3.8) is 0 Å². The summed E-state index contributed by atoms with van der Waals surface area (Å²) in [5, 5.41) is 43.2. The largest absolute Gasteiger partial charge is 0.508 e. The number of allylic oxidation sites excluding steroid dienone is 2. The van der Waals surface area contributed by atoms with Crippen molar-refractivity contribution < 1.29 is 44.4 Å². The third kappa shape index (κ3) is 12.8. The van der Waals surface area contributed by atoms with Crippen molar-refractivity contribution in [2.24, 2.45) is 5.92 Å². The van der Waals surface area contributed by atoms with Gasteiger partial charge in [0.05, 0.1) is 5.92 Å². The average molecular weight is 712 g/mol. The van der Waals surface area contributed by atoms with Crippen molar-refractivity contribution in [2.45, 2.75) is 46.1 Å². The molecule has 0 spiro atoms. The summed E-state index contributed by atoms with van der Waals surface area (Å²) in [7, 11) is 0. The summed E-state index contributed by atoms with van der Waals surface area (Å²) in [5.74, 6) is -3.91. The van der Waals surface area contributed by atoms with E-state index in [0.717, 1.165) is 23.1 Å². The molecule has 1 aliphatic rings. The van der Waals surface area contributed by atoms with Crippen LogP contribution >= 0.6 is 0 Å². The van der Waals surface area contributed by atoms with Crippen molar-refractivity contribution in [2.75, 3.05) is 30.3 Å². The van der Waals surface area contributed by atoms with Gasteiger partial charge in [0.25, 0.3) is 0 Å². The number of aliphatic carboxylic acids is 2. The first-order valence-corrected chi connectivity index (χ1v) is 16.6. The monoisotopic (exact) mass is 711 g/mol. The number of rotatable bonds is 12. The topological polar surface area (TPSA) is 194 Å². The average Bonchev–Trinajstić information content (AvgIpc) is 3.07. The van der Waals surface area contributed by atoms with Crippen LogP contribution in [0, 0.1) is 5.92 Å². The number of hydrogen-bond donors (Lipinski definition) is 6. The normalized spacial score (nSPS) is 16.8. The number of aromatic hydroxyl groups is 1. The molecular weight excluding hydrogens is 666 g/mol. The molecule has 12 nitrogen and oxygen atoms in total. The number of amides is 2. The molecule has 1 heterocycles. The van der Waals surface area contributed by atoms with Crippen molar-refractivity contribution in [3.8, 4) is 5.75 Å². The highest BCUT2D eigenvalue weighted by molar-refractivity contribution is 6.03. The summed E-state index contributed by atoms with van der Waals surface area (Å²) >= 11 is 0. The number of carboxylic acid groups (broad SMARTS) is 2. The standard InChI is InChI=1S/C36H41N3O5.C4H4O4/c1-24(2)19-33(41)37-29-9-5-7-27(21-29)35(43)32-23-39(17-15-26-11-13-31(40)14-12-26)18-16-36(32,44)28-8-6-10-30(22-28)38-34(42)20-25(3)4;5-3(6)1-2-4(7)8/h5-14,19-22,32,40,44H,15-18,23H2,1-4H3,(H,37,41)(H,38,42);1-2H,(H,5,6)(H,7,8)/b;2-1+. The molecule has 1 saturated heterocycles. The number of hydrogen-bond acceptors (Lipinski definition) is 8. The predicted molar refractivity (Wildman–Crippen MR) is 198 cm³/mol. The van der Waals surface area contributed by atoms with Gasteiger partial charge in [-0.05, 0) is 88.1 Å². The molecule has 2 atom stereocenters. The number of nitrogens with zero attached hydrogens (tertiary/aromatic N) is 1. The van der Waals surface area contributed by atoms with Gasteiger partial charge in [-0.15, -0.1) is 0 Å². The smallest absolute Gasteiger partial charge is 0.328 e. The maximum absolute atomic E-state index is 14.2. The van der Waals surface area contributed by atoms with Gasteiger partial charge in [-0.25, -0.2) is 9.59 Å². The van der Waals surface area contributed by atoms with Crippen LogP contribution in [-0.2, 0) is 31.2 Å². The lowest BCUT2D eigenvalue weighted by atomic mass is 9.72. The van der Waals surface area contributed by atoms with Crippen molar-refractivity contribution in [1.29, 1.82) is 0 Å². The summed E-state index contributed by atoms with van der Waals surface area (Å²) < 4.78 is 0. The van der Waals surface area contributed by atoms with Gasteiger partial charge in [0, 0.05) is 60.9 Å². The van der Waals surface area contributed by atoms with E-state index in [0.29, 0.717) is 60.7 Å². The Morgan fingerprint density at radius 1 is 0.788 bits per heavy atom. The maximum Gasteiger partial charge on any atom is 0.328 e. The first-order valence-electron chi connectivity index (χ1n) is 16.6. The van der Waals surface area contributed by atoms with Gasteiger partial charge in [-0.2, -0.15) is 0 Å². The lowest BCUT2D eigenvalue weighted by Crippen LogP contribution is -2.53. The Morgan fingerprint density at radius 3 is 1.87 bits per heavy atom. The number of carbonyl (C=O) groups excluding carboxylic acids is 3. The van der Waals surface area contributed by atoms with Crippen LogP contribution in [-0.4, -0.2) is 74.5 Å². The molecule has 0 saturated carbocycles. The molecular formula is C40H45N3O9. The molecule has 0 radical (unpaired) electrons. The number of ketones is 1. The second-order valence-electron chi connectivity index (χ2n) is 12.9. The second-order valence-corrected chi connectivity index (χ2v) is 12.9. The zero-order valence-electron chi connectivity index (χ0n) is 29.6. The van der Waals surface area contributed by atoms with Gasteiger partial charge in [0.1, 0.15) is 11.4 Å². The number of anilines is 2. The van der Waals surface area contributed by atoms with Gasteiger partial charge in [-0.3, -0.25) is 14.4 Å². The van der Waals surface area contributed by atoms with Crippen LogP contribution in [0.4, 0.5) is 11.4 Å². The number of carbonyl (C=O) groups is 5. The number of Topliss-reactive ketones (excluding diaryl/α,β-unsaturated/α-hetero) is 1. The van der Waals surface area contributed by atoms with E-state index in [1.807, 2.05) is 39.8 Å². The Bertz CT molecular complexity index is 1840. The Kier molecular flexibility index (Phi) is 14.8. The van der Waals surface area contributed by atoms with E-state index in [2.05, 4.69) is 15.5 Å². The molecule has 3 aromatic rings. The molecule has 4 rings (SSSR count). The van der Waals surface area contributed by atoms with Gasteiger partial charge in [-0.1, -0.05) is 47.5 Å². The van der Waals surface area contributed by atoms with E-state index in [9.17, 15) is 34.2 Å². The Labute approximate surface area is 302 Å². The predicted octanol–water partition coefficient (Wildman–Crippen LogP) is 5.55. The number of phenolic OH excluding ortho intramolecular Hbond substituents is 1. The fraction of sp³-hybridized carbons (Fsp3) is 0.275. The fourth-order valence-corrected chi connectivity index (χ4v) is 5.64. The van der Waals surface area contributed by atoms with Gasteiger partial charge in [0.15, 0.2) is 5.78 Å². The number of carboxylic acids is 2. The molecule has 52 heavy (non-hydrogen) atoms. The number of piperidine rings is 1. The molecule has 0 bridgehead atoms. The van der Waals surface area contributed by atoms with Gasteiger partial charge in [0.2, 0.25) is 11.8 Å². The van der Waals surface area contributed by atoms with E-state index in [4.69, 9.17) is 10.2 Å². The van der Waals surface area contributed by atoms with Crippen molar-refractivity contribution in [1.82, 2.24) is 4.90 Å². The maximum atomic E-state index is 14.2. The van der Waals surface area contributed by atoms with E-state index in [1.54, 1.807) is 60.7 Å². The molecule has 274 valence electrons. The Balaban J connectivity index is 0.000000815. The lowest BCUT2D eigenvalue weighted by molar-refractivity contribution is -0.134. The summed E-state index contributed by atoms with van der Waals surface area (Å²) in [4.78, 5) is 60.3. The van der Waals surface area contributed by atoms with E-state index < -0.39 is 23.5 Å². The highest BCUT2D eigenvalue weighted by Crippen LogP contribution is 2.40. The highest BCUT2D eigenvalue weighted by Gasteiger charge is 2.47. The van der Waals surface area contributed by atoms with Crippen LogP contribution in [0.2, 0.25) is 0 Å². The molecule has 3 aromatic carbocycles. The Morgan fingerprint density at radius 2 is 1.33 bits per heavy atom. The fourth-order valence-electron chi connectivity index (χ4n) is 5.64. The number of aliphatic hydroxyl groups is 1. The second kappa shape index (κ2) is 18.9. The summed E-state index contributed by atoms with van der Waals surface area (Å²) in [6.07, 6.45) is 5.14. The van der Waals surface area contributed by atoms with Crippen LogP contribution in [0.3, 0.4) is 0 Å². The first-order chi connectivity index (χ1) is 24.5. The molecule has 6 N–H and O–H groups in total. The molecule has 1 fully saturated rings. The van der Waals surface area contributed by atoms with Crippen molar-refractivity contribution in [3.05, 3.63) is 125 Å². The van der Waals surface area contributed by atoms with Gasteiger partial charge >= 0.3 is 11.9 Å². The minimum atomic E-state index is -1.50. The first kappa shape index (κ1) is 40.6. The van der Waals surface area contributed by atoms with Crippen LogP contribution in [0.15, 0.2) is 108 Å². The molecule has 0 aromatic heterocycles. The summed E-state index contributed by atoms with van der Waals surface area (Å²) in [5.41, 5.74) is 3.25. The van der Waals surface area contributed by atoms with Crippen LogP contribution in [0.1, 0.15) is 55.6 Å². The van der Waals surface area contributed by atoms with Crippen LogP contribution in [0.25, 0.3) is 0 Å². The zero-order valence-corrected chi connectivity index (χ0v) is 29.6. The van der Waals surface area contributed by atoms with E-state index >= 15 is 0 Å². The van der Waals surface area contributed by atoms with Crippen LogP contribution in [0.5, 0.6) is 5.75 Å². The molecule has 0 aliphatic carbocycles. The SMILES string of the molecule is CC(C)=CC(=O)Nc1cccc(C(=O)C2CN(CCc3ccc(O)cc3)CCC2(O)c2cccc(NC(=O)C=C(C)C)c2)c1.O=C(O)/C=C/C(=O)O. The highest BCUT2D eigenvalue weighted by atomic mass is 16.4. The molecule has 12 heteroatoms. The summed E-state index contributed by atoms with van der Waals surface area (Å²) in [6.45, 7) is 8.89. The minimum Gasteiger partial charge on any atom is -0.508 e. The number of nitrogens with one attached hydrogen (secondary N) is 2. The minimum absolute atomic E-state index is 0.209. The molecule has 2 amide bonds. The lowest BCUT2D eigenvalue weighted by Gasteiger charge is -2.44. The Hall–Kier alpha value is -5.85. The number of benzene rings is 3. The quantitative estimate of drug-likeness (QED) is 0.103. The third-order valence-electron chi connectivity index (χ3n) is 8.05. The molecule has 1 aliphatic heterocycles. The van der Waals surface area contributed by atoms with Crippen molar-refractivity contribution >= 4 is 40.9 Å². The zero-order chi connectivity index (χ0) is 38.4. The molecule has 2 unspecified atom stereocenters. The third-order valence-corrected chi connectivity index (χ3v) is 8.05. The summed E-state index contributed by atoms with van der Waals surface area (Å²) in [6, 6.07) is 20.9. The van der Waals surface area contributed by atoms with Crippen LogP contribution < -0.4 is 10.6 Å². The van der Waals surface area contributed by atoms with E-state index in [1.165, 1.54) is 12.2 Å². The van der Waals surface area contributed by atoms with E-state index in [-0.39, 0.29) is 23.3 Å². The number of likely N-dealkylation sites (tertiary alicyclic amines) is 1. The number of phenols is 1.